The van der Waals surface area contributed by atoms with Gasteiger partial charge in [0.2, 0.25) is 0 Å². The molecule has 0 spiro atoms. The summed E-state index contributed by atoms with van der Waals surface area (Å²) in [6, 6.07) is 10.2. The summed E-state index contributed by atoms with van der Waals surface area (Å²) in [6.07, 6.45) is 0.228. The summed E-state index contributed by atoms with van der Waals surface area (Å²) >= 11 is 0. The average molecular weight is 359 g/mol. The largest absolute Gasteiger partial charge is 0.508 e. The Bertz CT molecular complexity index is 772. The number of hydrogen-bond donors (Lipinski definition) is 2. The molecule has 0 saturated carbocycles. The predicted octanol–water partition coefficient (Wildman–Crippen LogP) is 1.92. The Balaban J connectivity index is 2.18. The number of esters is 1. The fourth-order valence-electron chi connectivity index (χ4n) is 2.42. The second-order valence-corrected chi connectivity index (χ2v) is 5.49. The van der Waals surface area contributed by atoms with Crippen LogP contribution in [0.4, 0.5) is 0 Å². The third kappa shape index (κ3) is 4.66. The van der Waals surface area contributed by atoms with E-state index < -0.39 is 17.9 Å². The summed E-state index contributed by atoms with van der Waals surface area (Å²) in [7, 11) is 4.23. The zero-order chi connectivity index (χ0) is 19.1. The molecule has 7 heteroatoms. The van der Waals surface area contributed by atoms with Gasteiger partial charge in [0.05, 0.1) is 21.3 Å². The first-order chi connectivity index (χ1) is 12.5. The van der Waals surface area contributed by atoms with Crippen molar-refractivity contribution in [1.29, 1.82) is 0 Å². The van der Waals surface area contributed by atoms with E-state index in [9.17, 15) is 14.7 Å². The van der Waals surface area contributed by atoms with Gasteiger partial charge in [0.1, 0.15) is 11.8 Å². The van der Waals surface area contributed by atoms with Crippen LogP contribution in [0.15, 0.2) is 42.5 Å². The Morgan fingerprint density at radius 3 is 2.23 bits per heavy atom. The number of aromatic hydroxyl groups is 1. The molecule has 0 aliphatic rings. The van der Waals surface area contributed by atoms with Crippen molar-refractivity contribution in [2.75, 3.05) is 21.3 Å². The molecule has 0 aliphatic heterocycles. The van der Waals surface area contributed by atoms with Crippen molar-refractivity contribution in [1.82, 2.24) is 5.32 Å². The molecule has 0 aliphatic carbocycles. The van der Waals surface area contributed by atoms with E-state index in [4.69, 9.17) is 14.2 Å². The van der Waals surface area contributed by atoms with Crippen LogP contribution in [-0.2, 0) is 16.0 Å². The van der Waals surface area contributed by atoms with Crippen LogP contribution in [0.25, 0.3) is 0 Å². The Labute approximate surface area is 151 Å². The highest BCUT2D eigenvalue weighted by molar-refractivity contribution is 5.97. The zero-order valence-corrected chi connectivity index (χ0v) is 14.8. The van der Waals surface area contributed by atoms with Crippen LogP contribution in [0, 0.1) is 0 Å². The van der Waals surface area contributed by atoms with Gasteiger partial charge in [-0.1, -0.05) is 12.1 Å². The standard InChI is InChI=1S/C19H21NO6/c1-24-16-9-6-13(11-17(16)25-2)18(22)20-15(19(23)26-3)10-12-4-7-14(21)8-5-12/h4-9,11,15,21H,10H2,1-3H3,(H,20,22)/t15-/m0/s1. The molecule has 2 N–H and O–H groups in total. The molecule has 0 bridgehead atoms. The van der Waals surface area contributed by atoms with Gasteiger partial charge in [-0.15, -0.1) is 0 Å². The van der Waals surface area contributed by atoms with E-state index in [0.29, 0.717) is 17.1 Å². The second-order valence-electron chi connectivity index (χ2n) is 5.49. The molecule has 0 unspecified atom stereocenters. The van der Waals surface area contributed by atoms with Crippen LogP contribution in [0.2, 0.25) is 0 Å². The first-order valence-electron chi connectivity index (χ1n) is 7.87. The number of rotatable bonds is 7. The highest BCUT2D eigenvalue weighted by atomic mass is 16.5. The molecule has 26 heavy (non-hydrogen) atoms. The lowest BCUT2D eigenvalue weighted by molar-refractivity contribution is -0.142. The Morgan fingerprint density at radius 1 is 1.00 bits per heavy atom. The fourth-order valence-corrected chi connectivity index (χ4v) is 2.42. The smallest absolute Gasteiger partial charge is 0.328 e. The first-order valence-corrected chi connectivity index (χ1v) is 7.87. The van der Waals surface area contributed by atoms with Crippen molar-refractivity contribution in [2.24, 2.45) is 0 Å². The average Bonchev–Trinajstić information content (AvgIpc) is 2.67. The number of nitrogens with one attached hydrogen (secondary N) is 1. The molecule has 1 atom stereocenters. The molecule has 1 amide bonds. The zero-order valence-electron chi connectivity index (χ0n) is 14.8. The summed E-state index contributed by atoms with van der Waals surface area (Å²) in [5.41, 5.74) is 1.09. The lowest BCUT2D eigenvalue weighted by Gasteiger charge is -2.17. The molecular weight excluding hydrogens is 338 g/mol. The number of carbonyl (C=O) groups is 2. The monoisotopic (exact) mass is 359 g/mol. The van der Waals surface area contributed by atoms with Crippen molar-refractivity contribution >= 4 is 11.9 Å². The maximum Gasteiger partial charge on any atom is 0.328 e. The van der Waals surface area contributed by atoms with Crippen LogP contribution in [0.3, 0.4) is 0 Å². The number of methoxy groups -OCH3 is 3. The molecule has 0 aromatic heterocycles. The van der Waals surface area contributed by atoms with Crippen molar-refractivity contribution in [3.63, 3.8) is 0 Å². The Morgan fingerprint density at radius 2 is 1.65 bits per heavy atom. The van der Waals surface area contributed by atoms with E-state index in [-0.39, 0.29) is 12.2 Å². The van der Waals surface area contributed by atoms with Crippen molar-refractivity contribution in [2.45, 2.75) is 12.5 Å². The molecule has 2 aromatic carbocycles. The minimum atomic E-state index is -0.870. The summed E-state index contributed by atoms with van der Waals surface area (Å²) < 4.78 is 15.1. The van der Waals surface area contributed by atoms with Crippen LogP contribution in [0.1, 0.15) is 15.9 Å². The van der Waals surface area contributed by atoms with Gasteiger partial charge in [-0.3, -0.25) is 4.79 Å². The van der Waals surface area contributed by atoms with Gasteiger partial charge in [-0.25, -0.2) is 4.79 Å². The number of phenols is 1. The van der Waals surface area contributed by atoms with E-state index in [2.05, 4.69) is 5.32 Å². The predicted molar refractivity (Wildman–Crippen MR) is 94.6 cm³/mol. The molecule has 7 nitrogen and oxygen atoms in total. The van der Waals surface area contributed by atoms with Gasteiger partial charge in [-0.2, -0.15) is 0 Å². The van der Waals surface area contributed by atoms with E-state index in [1.54, 1.807) is 24.3 Å². The maximum atomic E-state index is 12.5. The molecular formula is C19H21NO6. The molecule has 2 rings (SSSR count). The van der Waals surface area contributed by atoms with Gasteiger partial charge in [0.15, 0.2) is 11.5 Å². The number of ether oxygens (including phenoxy) is 3. The number of hydrogen-bond acceptors (Lipinski definition) is 6. The van der Waals surface area contributed by atoms with E-state index in [1.165, 1.54) is 39.5 Å². The SMILES string of the molecule is COC(=O)[C@H](Cc1ccc(O)cc1)NC(=O)c1ccc(OC)c(OC)c1. The summed E-state index contributed by atoms with van der Waals surface area (Å²) in [4.78, 5) is 24.6. The lowest BCUT2D eigenvalue weighted by atomic mass is 10.0. The van der Waals surface area contributed by atoms with Gasteiger partial charge >= 0.3 is 5.97 Å². The van der Waals surface area contributed by atoms with E-state index in [0.717, 1.165) is 5.56 Å². The van der Waals surface area contributed by atoms with Crippen LogP contribution < -0.4 is 14.8 Å². The molecule has 0 heterocycles. The minimum absolute atomic E-state index is 0.123. The maximum absolute atomic E-state index is 12.5. The third-order valence-electron chi connectivity index (χ3n) is 3.81. The Kier molecular flexibility index (Phi) is 6.43. The lowest BCUT2D eigenvalue weighted by Crippen LogP contribution is -2.43. The molecule has 0 radical (unpaired) electrons. The van der Waals surface area contributed by atoms with Gasteiger partial charge in [0, 0.05) is 12.0 Å². The molecule has 138 valence electrons. The van der Waals surface area contributed by atoms with Crippen LogP contribution in [0.5, 0.6) is 17.2 Å². The van der Waals surface area contributed by atoms with Gasteiger partial charge in [-0.05, 0) is 35.9 Å². The summed E-state index contributed by atoms with van der Waals surface area (Å²) in [5, 5.41) is 12.0. The van der Waals surface area contributed by atoms with Crippen molar-refractivity contribution < 1.29 is 28.9 Å². The fraction of sp³-hybridized carbons (Fsp3) is 0.263. The number of phenolic OH excluding ortho intramolecular Hbond substituents is 1. The van der Waals surface area contributed by atoms with E-state index >= 15 is 0 Å². The highest BCUT2D eigenvalue weighted by Gasteiger charge is 2.23. The van der Waals surface area contributed by atoms with Gasteiger partial charge < -0.3 is 24.6 Å². The second kappa shape index (κ2) is 8.75. The van der Waals surface area contributed by atoms with E-state index in [1.807, 2.05) is 0 Å². The molecule has 2 aromatic rings. The summed E-state index contributed by atoms with van der Waals surface area (Å²) in [5.74, 6) is 0.0238. The third-order valence-corrected chi connectivity index (χ3v) is 3.81. The van der Waals surface area contributed by atoms with Crippen molar-refractivity contribution in [3.8, 4) is 17.2 Å². The normalized spacial score (nSPS) is 11.3. The number of amides is 1. The Hall–Kier alpha value is -3.22. The quantitative estimate of drug-likeness (QED) is 0.734. The summed E-state index contributed by atoms with van der Waals surface area (Å²) in [6.45, 7) is 0. The molecule has 0 fully saturated rings. The number of benzene rings is 2. The topological polar surface area (TPSA) is 94.1 Å². The van der Waals surface area contributed by atoms with Crippen molar-refractivity contribution in [3.05, 3.63) is 53.6 Å². The van der Waals surface area contributed by atoms with Crippen LogP contribution >= 0.6 is 0 Å². The first kappa shape index (κ1) is 19.1. The number of carbonyl (C=O) groups excluding carboxylic acids is 2. The van der Waals surface area contributed by atoms with Crippen LogP contribution in [-0.4, -0.2) is 44.4 Å². The highest BCUT2D eigenvalue weighted by Crippen LogP contribution is 2.27. The van der Waals surface area contributed by atoms with Gasteiger partial charge in [0.25, 0.3) is 5.91 Å². The minimum Gasteiger partial charge on any atom is -0.508 e. The molecule has 0 saturated heterocycles.